The van der Waals surface area contributed by atoms with E-state index in [-0.39, 0.29) is 0 Å². The molecule has 2 heterocycles. The average Bonchev–Trinajstić information content (AvgIpc) is 3.07. The third-order valence-corrected chi connectivity index (χ3v) is 3.32. The zero-order chi connectivity index (χ0) is 13.2. The maximum Gasteiger partial charge on any atom is 0.277 e. The summed E-state index contributed by atoms with van der Waals surface area (Å²) in [6.07, 6.45) is 0. The van der Waals surface area contributed by atoms with Crippen molar-refractivity contribution in [1.29, 1.82) is 0 Å². The third-order valence-electron chi connectivity index (χ3n) is 2.62. The van der Waals surface area contributed by atoms with E-state index in [1.165, 1.54) is 11.5 Å². The van der Waals surface area contributed by atoms with E-state index in [1.54, 1.807) is 7.11 Å². The van der Waals surface area contributed by atoms with Crippen molar-refractivity contribution in [3.8, 4) is 28.7 Å². The number of hydrogen-bond acceptors (Lipinski definition) is 6. The number of ether oxygens (including phenoxy) is 1. The fourth-order valence-electron chi connectivity index (χ4n) is 1.65. The number of methoxy groups -OCH3 is 1. The second-order valence-corrected chi connectivity index (χ2v) is 4.98. The van der Waals surface area contributed by atoms with Gasteiger partial charge in [0.2, 0.25) is 5.82 Å². The highest BCUT2D eigenvalue weighted by atomic mass is 32.1. The molecule has 6 heteroatoms. The summed E-state index contributed by atoms with van der Waals surface area (Å²) < 4.78 is 14.6. The molecule has 0 bridgehead atoms. The number of aryl methyl sites for hydroxylation is 1. The van der Waals surface area contributed by atoms with Crippen LogP contribution in [0.4, 0.5) is 0 Å². The van der Waals surface area contributed by atoms with E-state index in [0.29, 0.717) is 11.7 Å². The summed E-state index contributed by atoms with van der Waals surface area (Å²) >= 11 is 1.41. The molecule has 0 atom stereocenters. The minimum Gasteiger partial charge on any atom is -0.497 e. The largest absolute Gasteiger partial charge is 0.497 e. The van der Waals surface area contributed by atoms with Crippen molar-refractivity contribution in [1.82, 2.24) is 14.5 Å². The summed E-state index contributed by atoms with van der Waals surface area (Å²) in [6.45, 7) is 1.99. The SMILES string of the molecule is COc1ccc(-c2noc(-c3cc(C)sn3)n2)cc1. The van der Waals surface area contributed by atoms with E-state index in [1.807, 2.05) is 37.3 Å². The molecule has 0 fully saturated rings. The number of aromatic nitrogens is 3. The van der Waals surface area contributed by atoms with Gasteiger partial charge in [-0.05, 0) is 48.8 Å². The summed E-state index contributed by atoms with van der Waals surface area (Å²) in [6, 6.07) is 9.42. The molecule has 3 rings (SSSR count). The van der Waals surface area contributed by atoms with Crippen molar-refractivity contribution in [2.24, 2.45) is 0 Å². The molecule has 0 aliphatic rings. The van der Waals surface area contributed by atoms with Crippen LogP contribution in [0.25, 0.3) is 23.0 Å². The van der Waals surface area contributed by atoms with Crippen molar-refractivity contribution in [2.45, 2.75) is 6.92 Å². The minimum absolute atomic E-state index is 0.440. The van der Waals surface area contributed by atoms with E-state index in [4.69, 9.17) is 9.26 Å². The second kappa shape index (κ2) is 4.81. The van der Waals surface area contributed by atoms with Gasteiger partial charge in [-0.15, -0.1) is 0 Å². The monoisotopic (exact) mass is 273 g/mol. The van der Waals surface area contributed by atoms with Crippen LogP contribution in [0.5, 0.6) is 5.75 Å². The van der Waals surface area contributed by atoms with Gasteiger partial charge < -0.3 is 9.26 Å². The molecule has 0 saturated carbocycles. The van der Waals surface area contributed by atoms with Gasteiger partial charge in [0.1, 0.15) is 11.4 Å². The van der Waals surface area contributed by atoms with Crippen LogP contribution in [0.2, 0.25) is 0 Å². The number of benzene rings is 1. The Labute approximate surface area is 114 Å². The maximum absolute atomic E-state index is 5.23. The lowest BCUT2D eigenvalue weighted by Crippen LogP contribution is -1.84. The van der Waals surface area contributed by atoms with E-state index in [9.17, 15) is 0 Å². The lowest BCUT2D eigenvalue weighted by molar-refractivity contribution is 0.414. The summed E-state index contributed by atoms with van der Waals surface area (Å²) in [5.41, 5.74) is 1.59. The van der Waals surface area contributed by atoms with Crippen molar-refractivity contribution >= 4 is 11.5 Å². The number of hydrogen-bond donors (Lipinski definition) is 0. The zero-order valence-corrected chi connectivity index (χ0v) is 11.3. The lowest BCUT2D eigenvalue weighted by atomic mass is 10.2. The lowest BCUT2D eigenvalue weighted by Gasteiger charge is -1.98. The van der Waals surface area contributed by atoms with Crippen LogP contribution in [0, 0.1) is 6.92 Å². The first-order chi connectivity index (χ1) is 9.26. The van der Waals surface area contributed by atoms with E-state index >= 15 is 0 Å². The molecule has 0 unspecified atom stereocenters. The zero-order valence-electron chi connectivity index (χ0n) is 10.5. The van der Waals surface area contributed by atoms with Crippen LogP contribution in [-0.2, 0) is 0 Å². The molecule has 0 spiro atoms. The van der Waals surface area contributed by atoms with Crippen LogP contribution in [0.3, 0.4) is 0 Å². The van der Waals surface area contributed by atoms with Gasteiger partial charge in [-0.25, -0.2) is 0 Å². The van der Waals surface area contributed by atoms with Gasteiger partial charge in [-0.2, -0.15) is 9.36 Å². The quantitative estimate of drug-likeness (QED) is 0.733. The van der Waals surface area contributed by atoms with E-state index in [0.717, 1.165) is 21.9 Å². The average molecular weight is 273 g/mol. The Kier molecular flexibility index (Phi) is 3.00. The van der Waals surface area contributed by atoms with Crippen molar-refractivity contribution in [2.75, 3.05) is 7.11 Å². The molecule has 19 heavy (non-hydrogen) atoms. The van der Waals surface area contributed by atoms with Crippen LogP contribution >= 0.6 is 11.5 Å². The first kappa shape index (κ1) is 11.9. The Bertz CT molecular complexity index is 688. The highest BCUT2D eigenvalue weighted by molar-refractivity contribution is 7.05. The molecule has 0 aliphatic carbocycles. The molecular formula is C13H11N3O2S. The predicted octanol–water partition coefficient (Wildman–Crippen LogP) is 3.18. The summed E-state index contributed by atoms with van der Waals surface area (Å²) in [7, 11) is 1.63. The Morgan fingerprint density at radius 1 is 1.21 bits per heavy atom. The Hall–Kier alpha value is -2.21. The molecule has 0 amide bonds. The van der Waals surface area contributed by atoms with Crippen LogP contribution in [0.15, 0.2) is 34.9 Å². The molecule has 3 aromatic rings. The molecule has 0 aliphatic heterocycles. The van der Waals surface area contributed by atoms with Crippen LogP contribution in [-0.4, -0.2) is 21.6 Å². The fourth-order valence-corrected chi connectivity index (χ4v) is 2.19. The molecule has 5 nitrogen and oxygen atoms in total. The summed E-state index contributed by atoms with van der Waals surface area (Å²) in [4.78, 5) is 5.46. The van der Waals surface area contributed by atoms with Crippen molar-refractivity contribution < 1.29 is 9.26 Å². The second-order valence-electron chi connectivity index (χ2n) is 3.97. The molecule has 0 saturated heterocycles. The van der Waals surface area contributed by atoms with Gasteiger partial charge in [-0.1, -0.05) is 5.16 Å². The number of nitrogens with zero attached hydrogens (tertiary/aromatic N) is 3. The topological polar surface area (TPSA) is 61.0 Å². The highest BCUT2D eigenvalue weighted by Crippen LogP contribution is 2.24. The van der Waals surface area contributed by atoms with Crippen LogP contribution < -0.4 is 4.74 Å². The van der Waals surface area contributed by atoms with Gasteiger partial charge in [0.15, 0.2) is 0 Å². The first-order valence-electron chi connectivity index (χ1n) is 5.68. The van der Waals surface area contributed by atoms with Gasteiger partial charge in [0.05, 0.1) is 7.11 Å². The van der Waals surface area contributed by atoms with Gasteiger partial charge in [0, 0.05) is 10.4 Å². The third kappa shape index (κ3) is 2.34. The fraction of sp³-hybridized carbons (Fsp3) is 0.154. The van der Waals surface area contributed by atoms with Crippen LogP contribution in [0.1, 0.15) is 4.88 Å². The van der Waals surface area contributed by atoms with E-state index < -0.39 is 0 Å². The number of rotatable bonds is 3. The highest BCUT2D eigenvalue weighted by Gasteiger charge is 2.12. The molecule has 0 radical (unpaired) electrons. The molecular weight excluding hydrogens is 262 g/mol. The Morgan fingerprint density at radius 3 is 2.63 bits per heavy atom. The normalized spacial score (nSPS) is 10.6. The van der Waals surface area contributed by atoms with E-state index in [2.05, 4.69) is 14.5 Å². The smallest absolute Gasteiger partial charge is 0.277 e. The molecule has 1 aromatic carbocycles. The Balaban J connectivity index is 1.91. The predicted molar refractivity (Wildman–Crippen MR) is 72.1 cm³/mol. The van der Waals surface area contributed by atoms with Gasteiger partial charge >= 0.3 is 0 Å². The van der Waals surface area contributed by atoms with Crippen molar-refractivity contribution in [3.63, 3.8) is 0 Å². The summed E-state index contributed by atoms with van der Waals surface area (Å²) in [5, 5.41) is 3.97. The maximum atomic E-state index is 5.23. The molecule has 0 N–H and O–H groups in total. The van der Waals surface area contributed by atoms with Gasteiger partial charge in [0.25, 0.3) is 5.89 Å². The molecule has 96 valence electrons. The van der Waals surface area contributed by atoms with Crippen molar-refractivity contribution in [3.05, 3.63) is 35.2 Å². The van der Waals surface area contributed by atoms with Gasteiger partial charge in [-0.3, -0.25) is 0 Å². The molecule has 2 aromatic heterocycles. The Morgan fingerprint density at radius 2 is 2.00 bits per heavy atom. The first-order valence-corrected chi connectivity index (χ1v) is 6.45. The minimum atomic E-state index is 0.440. The summed E-state index contributed by atoms with van der Waals surface area (Å²) in [5.74, 6) is 1.78. The standard InChI is InChI=1S/C13H11N3O2S/c1-8-7-11(16-19-8)13-14-12(15-18-13)9-3-5-10(17-2)6-4-9/h3-7H,1-2H3.